The molecule has 1 aliphatic heterocycles. The zero-order valence-electron chi connectivity index (χ0n) is 14.5. The van der Waals surface area contributed by atoms with Crippen LogP contribution < -0.4 is 4.90 Å². The summed E-state index contributed by atoms with van der Waals surface area (Å²) in [5, 5.41) is 9.04. The zero-order chi connectivity index (χ0) is 18.6. The van der Waals surface area contributed by atoms with Crippen molar-refractivity contribution in [2.45, 2.75) is 38.0 Å². The molecule has 0 spiro atoms. The number of benzene rings is 1. The highest BCUT2D eigenvalue weighted by Crippen LogP contribution is 2.27. The van der Waals surface area contributed by atoms with E-state index in [-0.39, 0.29) is 23.8 Å². The summed E-state index contributed by atoms with van der Waals surface area (Å²) < 4.78 is 26.9. The minimum Gasteiger partial charge on any atom is -0.481 e. The molecule has 1 aromatic rings. The van der Waals surface area contributed by atoms with Crippen LogP contribution in [0.4, 0.5) is 5.69 Å². The number of amides is 1. The summed E-state index contributed by atoms with van der Waals surface area (Å²) in [4.78, 5) is 24.6. The standard InChI is InChI=1S/C17H24N2O5S/c1-3-9-18(10-4-2)25(23,24)15-7-5-14(6-8-15)19-12-13(17(21)22)11-16(19)20/h5-8,13H,3-4,9-12H2,1-2H3,(H,21,22). The van der Waals surface area contributed by atoms with E-state index in [0.717, 1.165) is 12.8 Å². The molecule has 138 valence electrons. The van der Waals surface area contributed by atoms with E-state index in [1.165, 1.54) is 21.3 Å². The number of carboxylic acids is 1. The summed E-state index contributed by atoms with van der Waals surface area (Å²) in [6, 6.07) is 6.07. The molecule has 1 heterocycles. The van der Waals surface area contributed by atoms with Gasteiger partial charge in [-0.2, -0.15) is 4.31 Å². The molecule has 1 aliphatic rings. The topological polar surface area (TPSA) is 95.0 Å². The highest BCUT2D eigenvalue weighted by Gasteiger charge is 2.35. The minimum absolute atomic E-state index is 0.0316. The lowest BCUT2D eigenvalue weighted by atomic mass is 10.1. The molecule has 1 amide bonds. The molecule has 1 unspecified atom stereocenters. The molecule has 1 aromatic carbocycles. The molecule has 1 fully saturated rings. The van der Waals surface area contributed by atoms with Gasteiger partial charge in [0, 0.05) is 31.7 Å². The molecule has 1 atom stereocenters. The van der Waals surface area contributed by atoms with Crippen LogP contribution in [0.15, 0.2) is 29.2 Å². The summed E-state index contributed by atoms with van der Waals surface area (Å²) >= 11 is 0. The van der Waals surface area contributed by atoms with Crippen molar-refractivity contribution in [1.82, 2.24) is 4.31 Å². The fraction of sp³-hybridized carbons (Fsp3) is 0.529. The van der Waals surface area contributed by atoms with Gasteiger partial charge in [-0.05, 0) is 37.1 Å². The van der Waals surface area contributed by atoms with Crippen LogP contribution in [-0.4, -0.2) is 49.3 Å². The molecule has 0 aromatic heterocycles. The van der Waals surface area contributed by atoms with Crippen LogP contribution in [0.3, 0.4) is 0 Å². The van der Waals surface area contributed by atoms with E-state index in [2.05, 4.69) is 0 Å². The lowest BCUT2D eigenvalue weighted by Crippen LogP contribution is -2.32. The Balaban J connectivity index is 2.22. The maximum atomic E-state index is 12.7. The van der Waals surface area contributed by atoms with Gasteiger partial charge >= 0.3 is 5.97 Å². The third-order valence-electron chi connectivity index (χ3n) is 4.21. The Bertz CT molecular complexity index is 724. The first-order chi connectivity index (χ1) is 11.8. The molecule has 0 bridgehead atoms. The number of sulfonamides is 1. The summed E-state index contributed by atoms with van der Waals surface area (Å²) in [5.74, 6) is -1.98. The molecule has 8 heteroatoms. The van der Waals surface area contributed by atoms with Crippen LogP contribution >= 0.6 is 0 Å². The van der Waals surface area contributed by atoms with E-state index < -0.39 is 21.9 Å². The second-order valence-corrected chi connectivity index (χ2v) is 8.08. The number of rotatable bonds is 8. The predicted molar refractivity (Wildman–Crippen MR) is 93.9 cm³/mol. The van der Waals surface area contributed by atoms with Crippen LogP contribution in [0.5, 0.6) is 0 Å². The van der Waals surface area contributed by atoms with E-state index in [1.807, 2.05) is 13.8 Å². The van der Waals surface area contributed by atoms with Gasteiger partial charge in [0.2, 0.25) is 15.9 Å². The fourth-order valence-corrected chi connectivity index (χ4v) is 4.54. The van der Waals surface area contributed by atoms with Crippen molar-refractivity contribution in [2.75, 3.05) is 24.5 Å². The average molecular weight is 368 g/mol. The predicted octanol–water partition coefficient (Wildman–Crippen LogP) is 1.93. The van der Waals surface area contributed by atoms with Crippen molar-refractivity contribution in [3.63, 3.8) is 0 Å². The van der Waals surface area contributed by atoms with Crippen molar-refractivity contribution >= 4 is 27.6 Å². The van der Waals surface area contributed by atoms with E-state index >= 15 is 0 Å². The van der Waals surface area contributed by atoms with E-state index in [4.69, 9.17) is 5.11 Å². The smallest absolute Gasteiger partial charge is 0.308 e. The van der Waals surface area contributed by atoms with Crippen LogP contribution in [0.1, 0.15) is 33.1 Å². The Morgan fingerprint density at radius 1 is 1.20 bits per heavy atom. The van der Waals surface area contributed by atoms with Crippen LogP contribution in [0.25, 0.3) is 0 Å². The van der Waals surface area contributed by atoms with Crippen molar-refractivity contribution in [2.24, 2.45) is 5.92 Å². The monoisotopic (exact) mass is 368 g/mol. The number of hydrogen-bond acceptors (Lipinski definition) is 4. The number of carbonyl (C=O) groups excluding carboxylic acids is 1. The van der Waals surface area contributed by atoms with Gasteiger partial charge in [0.25, 0.3) is 0 Å². The van der Waals surface area contributed by atoms with Gasteiger partial charge < -0.3 is 10.0 Å². The Labute approximate surface area is 148 Å². The van der Waals surface area contributed by atoms with Gasteiger partial charge in [-0.25, -0.2) is 8.42 Å². The third kappa shape index (κ3) is 4.19. The van der Waals surface area contributed by atoms with E-state index in [9.17, 15) is 18.0 Å². The number of nitrogens with zero attached hydrogens (tertiary/aromatic N) is 2. The molecule has 0 aliphatic carbocycles. The van der Waals surface area contributed by atoms with Gasteiger partial charge in [0.05, 0.1) is 10.8 Å². The first kappa shape index (κ1) is 19.4. The molecule has 1 saturated heterocycles. The van der Waals surface area contributed by atoms with Crippen molar-refractivity contribution in [3.05, 3.63) is 24.3 Å². The van der Waals surface area contributed by atoms with Gasteiger partial charge in [-0.15, -0.1) is 0 Å². The second-order valence-electron chi connectivity index (χ2n) is 6.14. The van der Waals surface area contributed by atoms with Gasteiger partial charge in [0.1, 0.15) is 0 Å². The average Bonchev–Trinajstić information content (AvgIpc) is 2.97. The molecule has 25 heavy (non-hydrogen) atoms. The maximum absolute atomic E-state index is 12.7. The van der Waals surface area contributed by atoms with E-state index in [1.54, 1.807) is 12.1 Å². The fourth-order valence-electron chi connectivity index (χ4n) is 2.92. The summed E-state index contributed by atoms with van der Waals surface area (Å²) in [7, 11) is -3.57. The lowest BCUT2D eigenvalue weighted by Gasteiger charge is -2.22. The number of carbonyl (C=O) groups is 2. The SMILES string of the molecule is CCCN(CCC)S(=O)(=O)c1ccc(N2CC(C(=O)O)CC2=O)cc1. The molecule has 1 N–H and O–H groups in total. The second kappa shape index (κ2) is 7.97. The number of carboxylic acid groups (broad SMARTS) is 1. The first-order valence-corrected chi connectivity index (χ1v) is 9.88. The van der Waals surface area contributed by atoms with Crippen LogP contribution in [0, 0.1) is 5.92 Å². The number of aliphatic carboxylic acids is 1. The lowest BCUT2D eigenvalue weighted by molar-refractivity contribution is -0.141. The summed E-state index contributed by atoms with van der Waals surface area (Å²) in [6.07, 6.45) is 1.43. The Hall–Kier alpha value is -1.93. The molecule has 7 nitrogen and oxygen atoms in total. The van der Waals surface area contributed by atoms with Gasteiger partial charge in [0.15, 0.2) is 0 Å². The molecular formula is C17H24N2O5S. The normalized spacial score (nSPS) is 18.1. The highest BCUT2D eigenvalue weighted by atomic mass is 32.2. The quantitative estimate of drug-likeness (QED) is 0.756. The summed E-state index contributed by atoms with van der Waals surface area (Å²) in [5.41, 5.74) is 0.519. The Morgan fingerprint density at radius 2 is 1.76 bits per heavy atom. The largest absolute Gasteiger partial charge is 0.481 e. The van der Waals surface area contributed by atoms with Crippen molar-refractivity contribution in [1.29, 1.82) is 0 Å². The third-order valence-corrected chi connectivity index (χ3v) is 6.12. The summed E-state index contributed by atoms with van der Waals surface area (Å²) in [6.45, 7) is 4.89. The van der Waals surface area contributed by atoms with E-state index in [0.29, 0.717) is 18.8 Å². The van der Waals surface area contributed by atoms with Crippen LogP contribution in [-0.2, 0) is 19.6 Å². The highest BCUT2D eigenvalue weighted by molar-refractivity contribution is 7.89. The van der Waals surface area contributed by atoms with Crippen LogP contribution in [0.2, 0.25) is 0 Å². The molecular weight excluding hydrogens is 344 g/mol. The minimum atomic E-state index is -3.57. The maximum Gasteiger partial charge on any atom is 0.308 e. The molecule has 2 rings (SSSR count). The van der Waals surface area contributed by atoms with Gasteiger partial charge in [-0.3, -0.25) is 9.59 Å². The van der Waals surface area contributed by atoms with Crippen molar-refractivity contribution < 1.29 is 23.1 Å². The molecule has 0 saturated carbocycles. The van der Waals surface area contributed by atoms with Gasteiger partial charge in [-0.1, -0.05) is 13.8 Å². The number of hydrogen-bond donors (Lipinski definition) is 1. The Kier molecular flexibility index (Phi) is 6.18. The Morgan fingerprint density at radius 3 is 2.20 bits per heavy atom. The van der Waals surface area contributed by atoms with Crippen molar-refractivity contribution in [3.8, 4) is 0 Å². The zero-order valence-corrected chi connectivity index (χ0v) is 15.3. The first-order valence-electron chi connectivity index (χ1n) is 8.44. The molecule has 0 radical (unpaired) electrons. The number of anilines is 1.